The minimum Gasteiger partial charge on any atom is -0.475 e. The minimum absolute atomic E-state index is 0.0169. The predicted octanol–water partition coefficient (Wildman–Crippen LogP) is 2.81. The third kappa shape index (κ3) is 8.27. The first-order chi connectivity index (χ1) is 11.7. The van der Waals surface area contributed by atoms with Crippen molar-refractivity contribution in [1.29, 1.82) is 0 Å². The van der Waals surface area contributed by atoms with E-state index in [0.717, 1.165) is 17.7 Å². The van der Waals surface area contributed by atoms with Gasteiger partial charge in [-0.3, -0.25) is 4.79 Å². The van der Waals surface area contributed by atoms with Crippen LogP contribution in [0, 0.1) is 0 Å². The summed E-state index contributed by atoms with van der Waals surface area (Å²) >= 11 is 1.40. The molecule has 25 heavy (non-hydrogen) atoms. The maximum Gasteiger partial charge on any atom is 0.490 e. The van der Waals surface area contributed by atoms with E-state index >= 15 is 0 Å². The van der Waals surface area contributed by atoms with Crippen LogP contribution in [0.1, 0.15) is 17.7 Å². The molecular formula is C15H16F3N3O3S. The molecule has 1 amide bonds. The third-order valence-corrected chi connectivity index (χ3v) is 3.54. The van der Waals surface area contributed by atoms with Gasteiger partial charge in [-0.25, -0.2) is 9.78 Å². The highest BCUT2D eigenvalue weighted by Gasteiger charge is 2.38. The van der Waals surface area contributed by atoms with Crippen LogP contribution in [0.5, 0.6) is 0 Å². The first-order valence-electron chi connectivity index (χ1n) is 7.00. The Morgan fingerprint density at radius 2 is 1.84 bits per heavy atom. The Morgan fingerprint density at radius 3 is 2.32 bits per heavy atom. The van der Waals surface area contributed by atoms with Crippen LogP contribution in [0.2, 0.25) is 0 Å². The van der Waals surface area contributed by atoms with E-state index < -0.39 is 12.1 Å². The lowest BCUT2D eigenvalue weighted by Crippen LogP contribution is -2.21. The van der Waals surface area contributed by atoms with E-state index in [4.69, 9.17) is 15.6 Å². The van der Waals surface area contributed by atoms with Crippen LogP contribution in [-0.2, 0) is 22.6 Å². The SMILES string of the molecule is NCc1csc(NC(=O)CCc2ccccc2)n1.O=C(O)C(F)(F)F. The van der Waals surface area contributed by atoms with Gasteiger partial charge in [0.1, 0.15) is 0 Å². The molecule has 0 atom stereocenters. The van der Waals surface area contributed by atoms with Crippen LogP contribution >= 0.6 is 11.3 Å². The van der Waals surface area contributed by atoms with Crippen molar-refractivity contribution in [2.75, 3.05) is 5.32 Å². The lowest BCUT2D eigenvalue weighted by molar-refractivity contribution is -0.192. The summed E-state index contributed by atoms with van der Waals surface area (Å²) in [6, 6.07) is 9.95. The molecule has 0 saturated carbocycles. The van der Waals surface area contributed by atoms with Gasteiger partial charge in [0.15, 0.2) is 5.13 Å². The van der Waals surface area contributed by atoms with Crippen LogP contribution in [-0.4, -0.2) is 28.1 Å². The van der Waals surface area contributed by atoms with Crippen molar-refractivity contribution in [2.24, 2.45) is 5.73 Å². The molecule has 0 spiro atoms. The number of carboxylic acids is 1. The first kappa shape index (κ1) is 20.6. The number of hydrogen-bond donors (Lipinski definition) is 3. The van der Waals surface area contributed by atoms with Gasteiger partial charge < -0.3 is 16.2 Å². The van der Waals surface area contributed by atoms with Crippen molar-refractivity contribution < 1.29 is 27.9 Å². The summed E-state index contributed by atoms with van der Waals surface area (Å²) in [6.45, 7) is 0.399. The van der Waals surface area contributed by atoms with E-state index in [0.29, 0.717) is 18.1 Å². The van der Waals surface area contributed by atoms with E-state index in [-0.39, 0.29) is 5.91 Å². The number of carbonyl (C=O) groups excluding carboxylic acids is 1. The molecule has 4 N–H and O–H groups in total. The van der Waals surface area contributed by atoms with Crippen molar-refractivity contribution in [2.45, 2.75) is 25.6 Å². The highest BCUT2D eigenvalue weighted by molar-refractivity contribution is 7.13. The Morgan fingerprint density at radius 1 is 1.24 bits per heavy atom. The van der Waals surface area contributed by atoms with Crippen molar-refractivity contribution in [3.63, 3.8) is 0 Å². The summed E-state index contributed by atoms with van der Waals surface area (Å²) < 4.78 is 31.7. The van der Waals surface area contributed by atoms with Crippen molar-refractivity contribution in [1.82, 2.24) is 4.98 Å². The molecule has 0 radical (unpaired) electrons. The summed E-state index contributed by atoms with van der Waals surface area (Å²) in [7, 11) is 0. The first-order valence-corrected chi connectivity index (χ1v) is 7.88. The van der Waals surface area contributed by atoms with Gasteiger partial charge in [0.2, 0.25) is 5.91 Å². The summed E-state index contributed by atoms with van der Waals surface area (Å²) in [6.07, 6.45) is -3.89. The number of alkyl halides is 3. The number of halogens is 3. The maximum atomic E-state index is 11.7. The molecule has 10 heteroatoms. The number of aliphatic carboxylic acids is 1. The molecule has 0 bridgehead atoms. The molecule has 1 heterocycles. The number of anilines is 1. The monoisotopic (exact) mass is 375 g/mol. The van der Waals surface area contributed by atoms with E-state index in [1.165, 1.54) is 11.3 Å². The van der Waals surface area contributed by atoms with Crippen LogP contribution in [0.25, 0.3) is 0 Å². The van der Waals surface area contributed by atoms with Gasteiger partial charge in [-0.05, 0) is 12.0 Å². The van der Waals surface area contributed by atoms with E-state index in [1.807, 2.05) is 35.7 Å². The van der Waals surface area contributed by atoms with Crippen LogP contribution in [0.15, 0.2) is 35.7 Å². The Kier molecular flexibility index (Phi) is 8.02. The van der Waals surface area contributed by atoms with Crippen LogP contribution in [0.3, 0.4) is 0 Å². The zero-order valence-electron chi connectivity index (χ0n) is 12.9. The molecule has 6 nitrogen and oxygen atoms in total. The van der Waals surface area contributed by atoms with Crippen molar-refractivity contribution in [3.05, 3.63) is 47.0 Å². The van der Waals surface area contributed by atoms with Gasteiger partial charge in [0, 0.05) is 18.3 Å². The highest BCUT2D eigenvalue weighted by atomic mass is 32.1. The fourth-order valence-corrected chi connectivity index (χ4v) is 2.28. The molecule has 0 aliphatic heterocycles. The molecule has 0 saturated heterocycles. The molecule has 0 aliphatic rings. The highest BCUT2D eigenvalue weighted by Crippen LogP contribution is 2.15. The smallest absolute Gasteiger partial charge is 0.475 e. The second-order valence-electron chi connectivity index (χ2n) is 4.68. The topological polar surface area (TPSA) is 105 Å². The Balaban J connectivity index is 0.000000381. The Labute approximate surface area is 145 Å². The summed E-state index contributed by atoms with van der Waals surface area (Å²) in [5.74, 6) is -2.77. The number of thiazole rings is 1. The third-order valence-electron chi connectivity index (χ3n) is 2.73. The number of benzene rings is 1. The van der Waals surface area contributed by atoms with Crippen molar-refractivity contribution in [3.8, 4) is 0 Å². The molecular weight excluding hydrogens is 359 g/mol. The summed E-state index contributed by atoms with van der Waals surface area (Å²) in [5, 5.41) is 12.4. The molecule has 136 valence electrons. The lowest BCUT2D eigenvalue weighted by atomic mass is 10.1. The van der Waals surface area contributed by atoms with Gasteiger partial charge >= 0.3 is 12.1 Å². The number of nitrogens with two attached hydrogens (primary N) is 1. The molecule has 0 fully saturated rings. The number of nitrogens with one attached hydrogen (secondary N) is 1. The van der Waals surface area contributed by atoms with Gasteiger partial charge in [0.05, 0.1) is 5.69 Å². The van der Waals surface area contributed by atoms with Crippen LogP contribution in [0.4, 0.5) is 18.3 Å². The molecule has 0 aliphatic carbocycles. The fraction of sp³-hybridized carbons (Fsp3) is 0.267. The average Bonchev–Trinajstić information content (AvgIpc) is 3.01. The summed E-state index contributed by atoms with van der Waals surface area (Å²) in [4.78, 5) is 24.8. The molecule has 1 aromatic heterocycles. The fourth-order valence-electron chi connectivity index (χ4n) is 1.54. The van der Waals surface area contributed by atoms with E-state index in [9.17, 15) is 18.0 Å². The molecule has 2 aromatic rings. The number of hydrogen-bond acceptors (Lipinski definition) is 5. The number of carboxylic acid groups (broad SMARTS) is 1. The Bertz CT molecular complexity index is 690. The zero-order chi connectivity index (χ0) is 18.9. The number of nitrogens with zero attached hydrogens (tertiary/aromatic N) is 1. The molecule has 1 aromatic carbocycles. The lowest BCUT2D eigenvalue weighted by Gasteiger charge is -2.01. The number of aromatic nitrogens is 1. The molecule has 2 rings (SSSR count). The van der Waals surface area contributed by atoms with Crippen LogP contribution < -0.4 is 11.1 Å². The van der Waals surface area contributed by atoms with E-state index in [1.54, 1.807) is 0 Å². The Hall–Kier alpha value is -2.46. The van der Waals surface area contributed by atoms with Crippen molar-refractivity contribution >= 4 is 28.3 Å². The standard InChI is InChI=1S/C13H15N3OS.C2HF3O2/c14-8-11-9-18-13(15-11)16-12(17)7-6-10-4-2-1-3-5-10;3-2(4,5)1(6)7/h1-5,9H,6-8,14H2,(H,15,16,17);(H,6,7). The van der Waals surface area contributed by atoms with Gasteiger partial charge in [-0.1, -0.05) is 30.3 Å². The normalized spacial score (nSPS) is 10.6. The van der Waals surface area contributed by atoms with Gasteiger partial charge in [-0.15, -0.1) is 11.3 Å². The number of amides is 1. The van der Waals surface area contributed by atoms with Gasteiger partial charge in [0.25, 0.3) is 0 Å². The van der Waals surface area contributed by atoms with Gasteiger partial charge in [-0.2, -0.15) is 13.2 Å². The second kappa shape index (κ2) is 9.74. The predicted molar refractivity (Wildman–Crippen MR) is 87.1 cm³/mol. The largest absolute Gasteiger partial charge is 0.490 e. The maximum absolute atomic E-state index is 11.7. The number of carbonyl (C=O) groups is 2. The second-order valence-corrected chi connectivity index (χ2v) is 5.54. The number of rotatable bonds is 5. The number of aryl methyl sites for hydroxylation is 1. The average molecular weight is 375 g/mol. The quantitative estimate of drug-likeness (QED) is 0.745. The van der Waals surface area contributed by atoms with E-state index in [2.05, 4.69) is 10.3 Å². The molecule has 0 unspecified atom stereocenters. The minimum atomic E-state index is -5.08. The zero-order valence-corrected chi connectivity index (χ0v) is 13.7. The summed E-state index contributed by atoms with van der Waals surface area (Å²) in [5.41, 5.74) is 7.43.